The van der Waals surface area contributed by atoms with Gasteiger partial charge in [-0.3, -0.25) is 0 Å². The molecule has 2 rings (SSSR count). The van der Waals surface area contributed by atoms with Crippen molar-refractivity contribution in [2.75, 3.05) is 0 Å². The van der Waals surface area contributed by atoms with Crippen molar-refractivity contribution in [2.24, 2.45) is 0 Å². The van der Waals surface area contributed by atoms with Gasteiger partial charge in [0.15, 0.2) is 0 Å². The second-order valence-electron chi connectivity index (χ2n) is 6.94. The summed E-state index contributed by atoms with van der Waals surface area (Å²) in [5.74, 6) is -0.350. The number of benzene rings is 1. The van der Waals surface area contributed by atoms with Gasteiger partial charge in [-0.1, -0.05) is 25.0 Å². The van der Waals surface area contributed by atoms with E-state index in [1.807, 2.05) is 0 Å². The molecule has 0 aromatic heterocycles. The standard InChI is InChI=1S/C17H24FNO3/c1-16(2,3)22-15(21)19-17(10-4-5-11-17)14(20)12-6-8-13(18)9-7-12/h6-9,14,20H,4-5,10-11H2,1-3H3,(H,19,21). The maximum absolute atomic E-state index is 13.0. The van der Waals surface area contributed by atoms with Crippen LogP contribution in [0.4, 0.5) is 9.18 Å². The summed E-state index contributed by atoms with van der Waals surface area (Å²) >= 11 is 0. The van der Waals surface area contributed by atoms with Gasteiger partial charge in [-0.15, -0.1) is 0 Å². The molecule has 1 fully saturated rings. The van der Waals surface area contributed by atoms with Crippen LogP contribution in [0, 0.1) is 5.82 Å². The van der Waals surface area contributed by atoms with E-state index in [1.54, 1.807) is 32.9 Å². The zero-order valence-corrected chi connectivity index (χ0v) is 13.4. The minimum atomic E-state index is -0.886. The van der Waals surface area contributed by atoms with Crippen LogP contribution in [-0.2, 0) is 4.74 Å². The van der Waals surface area contributed by atoms with Crippen LogP contribution >= 0.6 is 0 Å². The number of rotatable bonds is 3. The molecule has 1 aliphatic rings. The SMILES string of the molecule is CC(C)(C)OC(=O)NC1(C(O)c2ccc(F)cc2)CCCC1. The van der Waals surface area contributed by atoms with E-state index in [9.17, 15) is 14.3 Å². The number of halogens is 1. The Morgan fingerprint density at radius 1 is 1.27 bits per heavy atom. The zero-order chi connectivity index (χ0) is 16.4. The van der Waals surface area contributed by atoms with Crippen LogP contribution < -0.4 is 5.32 Å². The lowest BCUT2D eigenvalue weighted by Gasteiger charge is -2.36. The first-order chi connectivity index (χ1) is 10.2. The summed E-state index contributed by atoms with van der Waals surface area (Å²) in [6.07, 6.45) is 1.77. The van der Waals surface area contributed by atoms with Crippen LogP contribution in [0.25, 0.3) is 0 Å². The van der Waals surface area contributed by atoms with E-state index in [0.717, 1.165) is 12.8 Å². The van der Waals surface area contributed by atoms with Gasteiger partial charge in [0.1, 0.15) is 17.5 Å². The number of ether oxygens (including phenoxy) is 1. The number of amides is 1. The van der Waals surface area contributed by atoms with Crippen molar-refractivity contribution in [1.29, 1.82) is 0 Å². The molecule has 2 N–H and O–H groups in total. The molecular weight excluding hydrogens is 285 g/mol. The molecule has 1 unspecified atom stereocenters. The van der Waals surface area contributed by atoms with Crippen molar-refractivity contribution in [2.45, 2.75) is 63.7 Å². The summed E-state index contributed by atoms with van der Waals surface area (Å²) in [6, 6.07) is 5.73. The Bertz CT molecular complexity index is 516. The summed E-state index contributed by atoms with van der Waals surface area (Å²) in [5, 5.41) is 13.6. The van der Waals surface area contributed by atoms with Crippen LogP contribution in [0.2, 0.25) is 0 Å². The fraction of sp³-hybridized carbons (Fsp3) is 0.588. The van der Waals surface area contributed by atoms with Gasteiger partial charge in [0.05, 0.1) is 5.54 Å². The highest BCUT2D eigenvalue weighted by Crippen LogP contribution is 2.40. The molecule has 4 nitrogen and oxygen atoms in total. The fourth-order valence-corrected chi connectivity index (χ4v) is 2.94. The lowest BCUT2D eigenvalue weighted by Crippen LogP contribution is -2.52. The van der Waals surface area contributed by atoms with Crippen molar-refractivity contribution in [3.05, 3.63) is 35.6 Å². The highest BCUT2D eigenvalue weighted by Gasteiger charge is 2.43. The van der Waals surface area contributed by atoms with Gasteiger partial charge in [0.2, 0.25) is 0 Å². The molecule has 0 saturated heterocycles. The summed E-state index contributed by atoms with van der Waals surface area (Å²) < 4.78 is 18.4. The first-order valence-corrected chi connectivity index (χ1v) is 7.67. The number of hydrogen-bond donors (Lipinski definition) is 2. The van der Waals surface area contributed by atoms with E-state index in [-0.39, 0.29) is 5.82 Å². The Morgan fingerprint density at radius 2 is 1.82 bits per heavy atom. The molecule has 1 amide bonds. The highest BCUT2D eigenvalue weighted by molar-refractivity contribution is 5.69. The molecule has 1 aromatic carbocycles. The normalized spacial score (nSPS) is 18.8. The van der Waals surface area contributed by atoms with Gasteiger partial charge >= 0.3 is 6.09 Å². The first-order valence-electron chi connectivity index (χ1n) is 7.67. The summed E-state index contributed by atoms with van der Waals surface area (Å²) in [7, 11) is 0. The molecule has 5 heteroatoms. The smallest absolute Gasteiger partial charge is 0.408 e. The molecule has 1 aromatic rings. The Kier molecular flexibility index (Phi) is 4.75. The number of aliphatic hydroxyl groups is 1. The molecule has 1 atom stereocenters. The molecule has 1 saturated carbocycles. The Balaban J connectivity index is 2.17. The number of aliphatic hydroxyl groups excluding tert-OH is 1. The van der Waals surface area contributed by atoms with E-state index in [2.05, 4.69) is 5.32 Å². The van der Waals surface area contributed by atoms with Crippen LogP contribution in [0.5, 0.6) is 0 Å². The largest absolute Gasteiger partial charge is 0.444 e. The predicted molar refractivity (Wildman–Crippen MR) is 81.9 cm³/mol. The number of carbonyl (C=O) groups excluding carboxylic acids is 1. The van der Waals surface area contributed by atoms with Gasteiger partial charge in [0, 0.05) is 0 Å². The second kappa shape index (κ2) is 6.24. The third kappa shape index (κ3) is 3.97. The average Bonchev–Trinajstić information content (AvgIpc) is 2.86. The molecule has 0 spiro atoms. The maximum atomic E-state index is 13.0. The topological polar surface area (TPSA) is 58.6 Å². The fourth-order valence-electron chi connectivity index (χ4n) is 2.94. The minimum Gasteiger partial charge on any atom is -0.444 e. The number of carbonyl (C=O) groups is 1. The van der Waals surface area contributed by atoms with E-state index >= 15 is 0 Å². The predicted octanol–water partition coefficient (Wildman–Crippen LogP) is 3.70. The number of hydrogen-bond acceptors (Lipinski definition) is 3. The molecule has 1 aliphatic carbocycles. The zero-order valence-electron chi connectivity index (χ0n) is 13.4. The lowest BCUT2D eigenvalue weighted by molar-refractivity contribution is 0.0215. The highest BCUT2D eigenvalue weighted by atomic mass is 19.1. The molecule has 122 valence electrons. The third-order valence-corrected chi connectivity index (χ3v) is 3.95. The van der Waals surface area contributed by atoms with Crippen LogP contribution in [0.1, 0.15) is 58.1 Å². The number of alkyl carbamates (subject to hydrolysis) is 1. The summed E-state index contributed by atoms with van der Waals surface area (Å²) in [5.41, 5.74) is -0.746. The summed E-state index contributed by atoms with van der Waals surface area (Å²) in [4.78, 5) is 12.1. The lowest BCUT2D eigenvalue weighted by atomic mass is 9.86. The maximum Gasteiger partial charge on any atom is 0.408 e. The van der Waals surface area contributed by atoms with Crippen LogP contribution in [0.15, 0.2) is 24.3 Å². The van der Waals surface area contributed by atoms with Crippen LogP contribution in [-0.4, -0.2) is 22.3 Å². The second-order valence-corrected chi connectivity index (χ2v) is 6.94. The molecule has 22 heavy (non-hydrogen) atoms. The monoisotopic (exact) mass is 309 g/mol. The van der Waals surface area contributed by atoms with Gasteiger partial charge < -0.3 is 15.2 Å². The van der Waals surface area contributed by atoms with Crippen molar-refractivity contribution < 1.29 is 19.0 Å². The van der Waals surface area contributed by atoms with Crippen molar-refractivity contribution in [3.8, 4) is 0 Å². The molecule has 0 aliphatic heterocycles. The quantitative estimate of drug-likeness (QED) is 0.895. The third-order valence-electron chi connectivity index (χ3n) is 3.95. The molecule has 0 radical (unpaired) electrons. The molecular formula is C17H24FNO3. The molecule has 0 heterocycles. The van der Waals surface area contributed by atoms with Gasteiger partial charge in [-0.05, 0) is 51.3 Å². The van der Waals surface area contributed by atoms with Gasteiger partial charge in [-0.25, -0.2) is 9.18 Å². The Labute approximate surface area is 130 Å². The first kappa shape index (κ1) is 16.7. The summed E-state index contributed by atoms with van der Waals surface area (Å²) in [6.45, 7) is 5.39. The van der Waals surface area contributed by atoms with Crippen molar-refractivity contribution in [1.82, 2.24) is 5.32 Å². The minimum absolute atomic E-state index is 0.350. The average molecular weight is 309 g/mol. The van der Waals surface area contributed by atoms with Crippen molar-refractivity contribution in [3.63, 3.8) is 0 Å². The Morgan fingerprint density at radius 3 is 2.32 bits per heavy atom. The number of nitrogens with one attached hydrogen (secondary N) is 1. The molecule has 0 bridgehead atoms. The van der Waals surface area contributed by atoms with Gasteiger partial charge in [-0.2, -0.15) is 0 Å². The van der Waals surface area contributed by atoms with E-state index < -0.39 is 23.3 Å². The van der Waals surface area contributed by atoms with Crippen molar-refractivity contribution >= 4 is 6.09 Å². The van der Waals surface area contributed by atoms with Crippen LogP contribution in [0.3, 0.4) is 0 Å². The van der Waals surface area contributed by atoms with E-state index in [0.29, 0.717) is 18.4 Å². The van der Waals surface area contributed by atoms with Gasteiger partial charge in [0.25, 0.3) is 0 Å². The Hall–Kier alpha value is -1.62. The van der Waals surface area contributed by atoms with E-state index in [4.69, 9.17) is 4.74 Å². The van der Waals surface area contributed by atoms with E-state index in [1.165, 1.54) is 12.1 Å².